The number of anilines is 1. The number of nitro groups is 1. The molecule has 0 aliphatic carbocycles. The van der Waals surface area contributed by atoms with Crippen LogP contribution < -0.4 is 15.5 Å². The van der Waals surface area contributed by atoms with Gasteiger partial charge in [-0.3, -0.25) is 19.7 Å². The van der Waals surface area contributed by atoms with Gasteiger partial charge < -0.3 is 14.5 Å². The lowest BCUT2D eigenvalue weighted by Crippen LogP contribution is -2.25. The zero-order valence-electron chi connectivity index (χ0n) is 17.3. The van der Waals surface area contributed by atoms with Crippen molar-refractivity contribution in [1.29, 1.82) is 0 Å². The van der Waals surface area contributed by atoms with Gasteiger partial charge in [-0.1, -0.05) is 12.1 Å². The number of rotatable bonds is 8. The number of furan rings is 1. The summed E-state index contributed by atoms with van der Waals surface area (Å²) in [6.45, 7) is 3.13. The Kier molecular flexibility index (Phi) is 6.96. The van der Waals surface area contributed by atoms with Gasteiger partial charge in [-0.05, 0) is 49.7 Å². The molecule has 0 radical (unpaired) electrons. The third kappa shape index (κ3) is 5.79. The Morgan fingerprint density at radius 1 is 1.09 bits per heavy atom. The Labute approximate surface area is 183 Å². The second-order valence-corrected chi connectivity index (χ2v) is 6.69. The summed E-state index contributed by atoms with van der Waals surface area (Å²) in [6, 6.07) is 14.0. The molecule has 1 heterocycles. The zero-order chi connectivity index (χ0) is 23.1. The second kappa shape index (κ2) is 10.0. The van der Waals surface area contributed by atoms with Crippen molar-refractivity contribution in [2.24, 2.45) is 5.10 Å². The van der Waals surface area contributed by atoms with Gasteiger partial charge in [0.2, 0.25) is 0 Å². The maximum Gasteiger partial charge on any atom is 0.277 e. The van der Waals surface area contributed by atoms with Crippen molar-refractivity contribution >= 4 is 28.9 Å². The molecule has 3 rings (SSSR count). The molecular weight excluding hydrogens is 416 g/mol. The van der Waals surface area contributed by atoms with Crippen LogP contribution in [0.2, 0.25) is 0 Å². The Morgan fingerprint density at radius 2 is 1.78 bits per heavy atom. The summed E-state index contributed by atoms with van der Waals surface area (Å²) in [7, 11) is 0. The van der Waals surface area contributed by atoms with Crippen LogP contribution in [0.3, 0.4) is 0 Å². The number of aryl methyl sites for hydroxylation is 1. The monoisotopic (exact) mass is 436 g/mol. The molecule has 3 aromatic rings. The maximum atomic E-state index is 12.2. The first-order valence-electron chi connectivity index (χ1n) is 9.50. The number of nitrogens with zero attached hydrogens (tertiary/aromatic N) is 2. The van der Waals surface area contributed by atoms with E-state index in [0.29, 0.717) is 28.5 Å². The van der Waals surface area contributed by atoms with Crippen LogP contribution in [0.25, 0.3) is 0 Å². The minimum atomic E-state index is -0.519. The fourth-order valence-corrected chi connectivity index (χ4v) is 2.67. The minimum Gasteiger partial charge on any atom is -0.484 e. The van der Waals surface area contributed by atoms with E-state index in [1.54, 1.807) is 44.2 Å². The number of hydrazone groups is 1. The molecule has 164 valence electrons. The first-order chi connectivity index (χ1) is 15.3. The first-order valence-corrected chi connectivity index (χ1v) is 9.50. The van der Waals surface area contributed by atoms with Crippen LogP contribution in [-0.2, 0) is 4.79 Å². The lowest BCUT2D eigenvalue weighted by Gasteiger charge is -2.07. The molecule has 0 unspecified atom stereocenters. The van der Waals surface area contributed by atoms with Crippen molar-refractivity contribution in [1.82, 2.24) is 5.43 Å². The Balaban J connectivity index is 1.50. The molecule has 0 bridgehead atoms. The van der Waals surface area contributed by atoms with Crippen LogP contribution in [0.4, 0.5) is 11.4 Å². The van der Waals surface area contributed by atoms with Gasteiger partial charge in [-0.2, -0.15) is 5.10 Å². The number of ether oxygens (including phenoxy) is 1. The highest BCUT2D eigenvalue weighted by molar-refractivity contribution is 6.05. The van der Waals surface area contributed by atoms with Crippen molar-refractivity contribution in [3.63, 3.8) is 0 Å². The lowest BCUT2D eigenvalue weighted by molar-refractivity contribution is -0.384. The smallest absolute Gasteiger partial charge is 0.277 e. The van der Waals surface area contributed by atoms with Crippen LogP contribution in [0.1, 0.15) is 28.6 Å². The van der Waals surface area contributed by atoms with Crippen molar-refractivity contribution < 1.29 is 23.7 Å². The number of nitro benzene ring substituents is 1. The van der Waals surface area contributed by atoms with Crippen LogP contribution in [0.5, 0.6) is 5.75 Å². The Morgan fingerprint density at radius 3 is 2.38 bits per heavy atom. The van der Waals surface area contributed by atoms with Crippen LogP contribution in [0, 0.1) is 17.0 Å². The second-order valence-electron chi connectivity index (χ2n) is 6.69. The molecule has 0 aliphatic heterocycles. The third-order valence-corrected chi connectivity index (χ3v) is 4.43. The molecule has 2 amide bonds. The number of hydrogen-bond acceptors (Lipinski definition) is 7. The quantitative estimate of drug-likeness (QED) is 0.314. The van der Waals surface area contributed by atoms with E-state index < -0.39 is 10.8 Å². The summed E-state index contributed by atoms with van der Waals surface area (Å²) in [4.78, 5) is 34.3. The molecule has 0 saturated carbocycles. The number of benzene rings is 2. The average molecular weight is 436 g/mol. The third-order valence-electron chi connectivity index (χ3n) is 4.43. The van der Waals surface area contributed by atoms with E-state index in [1.807, 2.05) is 0 Å². The van der Waals surface area contributed by atoms with E-state index in [1.165, 1.54) is 30.5 Å². The summed E-state index contributed by atoms with van der Waals surface area (Å²) in [5.41, 5.74) is 4.69. The first kappa shape index (κ1) is 22.2. The molecule has 32 heavy (non-hydrogen) atoms. The fraction of sp³-hybridized carbons (Fsp3) is 0.136. The minimum absolute atomic E-state index is 0.0656. The topological polar surface area (TPSA) is 136 Å². The van der Waals surface area contributed by atoms with Gasteiger partial charge in [0.1, 0.15) is 11.5 Å². The number of carbonyl (C=O) groups excluding carboxylic acids is 2. The van der Waals surface area contributed by atoms with E-state index in [2.05, 4.69) is 15.8 Å². The molecule has 0 fully saturated rings. The fourth-order valence-electron chi connectivity index (χ4n) is 2.67. The molecule has 0 aliphatic rings. The lowest BCUT2D eigenvalue weighted by atomic mass is 10.1. The van der Waals surface area contributed by atoms with Gasteiger partial charge in [0.25, 0.3) is 17.5 Å². The standard InChI is InChI=1S/C22H20N4O6/c1-14(24-25-21(27)13-32-19-9-7-18(8-10-19)26(29)30)16-3-5-17(6-4-16)23-22(28)20-11-12-31-15(20)2/h3-12H,13H2,1-2H3,(H,23,28)(H,25,27). The molecular formula is C22H20N4O6. The Bertz CT molecular complexity index is 1150. The predicted molar refractivity (Wildman–Crippen MR) is 117 cm³/mol. The molecule has 0 spiro atoms. The van der Waals surface area contributed by atoms with Crippen molar-refractivity contribution in [3.05, 3.63) is 87.9 Å². The van der Waals surface area contributed by atoms with E-state index in [9.17, 15) is 19.7 Å². The molecule has 10 nitrogen and oxygen atoms in total. The van der Waals surface area contributed by atoms with Gasteiger partial charge in [-0.25, -0.2) is 5.43 Å². The average Bonchev–Trinajstić information content (AvgIpc) is 3.22. The molecule has 10 heteroatoms. The van der Waals surface area contributed by atoms with Gasteiger partial charge in [0.05, 0.1) is 22.5 Å². The van der Waals surface area contributed by atoms with Gasteiger partial charge in [0.15, 0.2) is 6.61 Å². The number of nitrogens with one attached hydrogen (secondary N) is 2. The highest BCUT2D eigenvalue weighted by atomic mass is 16.6. The van der Waals surface area contributed by atoms with E-state index in [0.717, 1.165) is 5.56 Å². The number of carbonyl (C=O) groups is 2. The van der Waals surface area contributed by atoms with Crippen LogP contribution in [-0.4, -0.2) is 29.1 Å². The maximum absolute atomic E-state index is 12.2. The van der Waals surface area contributed by atoms with Crippen molar-refractivity contribution in [2.75, 3.05) is 11.9 Å². The normalized spacial score (nSPS) is 11.0. The van der Waals surface area contributed by atoms with Gasteiger partial charge in [-0.15, -0.1) is 0 Å². The highest BCUT2D eigenvalue weighted by Crippen LogP contribution is 2.17. The van der Waals surface area contributed by atoms with E-state index in [4.69, 9.17) is 9.15 Å². The van der Waals surface area contributed by atoms with Gasteiger partial charge in [0, 0.05) is 17.8 Å². The van der Waals surface area contributed by atoms with Crippen molar-refractivity contribution in [3.8, 4) is 5.75 Å². The molecule has 1 aromatic heterocycles. The zero-order valence-corrected chi connectivity index (χ0v) is 17.3. The SMILES string of the molecule is CC(=NNC(=O)COc1ccc([N+](=O)[O-])cc1)c1ccc(NC(=O)c2ccoc2C)cc1. The highest BCUT2D eigenvalue weighted by Gasteiger charge is 2.12. The van der Waals surface area contributed by atoms with Crippen LogP contribution in [0.15, 0.2) is 70.4 Å². The largest absolute Gasteiger partial charge is 0.484 e. The van der Waals surface area contributed by atoms with E-state index >= 15 is 0 Å². The van der Waals surface area contributed by atoms with E-state index in [-0.39, 0.29) is 18.2 Å². The summed E-state index contributed by atoms with van der Waals surface area (Å²) in [6.07, 6.45) is 1.46. The summed E-state index contributed by atoms with van der Waals surface area (Å²) in [5.74, 6) is 0.113. The van der Waals surface area contributed by atoms with Crippen LogP contribution >= 0.6 is 0 Å². The molecule has 0 atom stereocenters. The summed E-state index contributed by atoms with van der Waals surface area (Å²) >= 11 is 0. The van der Waals surface area contributed by atoms with Crippen molar-refractivity contribution in [2.45, 2.75) is 13.8 Å². The predicted octanol–water partition coefficient (Wildman–Crippen LogP) is 3.67. The molecule has 2 N–H and O–H groups in total. The molecule has 2 aromatic carbocycles. The van der Waals surface area contributed by atoms with Gasteiger partial charge >= 0.3 is 0 Å². The summed E-state index contributed by atoms with van der Waals surface area (Å²) < 4.78 is 10.4. The number of amides is 2. The molecule has 0 saturated heterocycles. The number of hydrogen-bond donors (Lipinski definition) is 2. The number of non-ortho nitro benzene ring substituents is 1. The Hall–Kier alpha value is -4.47. The summed E-state index contributed by atoms with van der Waals surface area (Å²) in [5, 5.41) is 17.5.